The average molecular weight is 284 g/mol. The molecule has 2 rings (SSSR count). The second kappa shape index (κ2) is 7.14. The predicted molar refractivity (Wildman–Crippen MR) is 80.4 cm³/mol. The van der Waals surface area contributed by atoms with E-state index in [1.807, 2.05) is 30.3 Å². The fourth-order valence-corrected chi connectivity index (χ4v) is 1.81. The molecule has 0 aliphatic carbocycles. The Balaban J connectivity index is 2.16. The fraction of sp³-hybridized carbons (Fsp3) is 0.118. The molecule has 108 valence electrons. The minimum absolute atomic E-state index is 0.420. The fourth-order valence-electron chi connectivity index (χ4n) is 1.81. The largest absolute Gasteiger partial charge is 0.493 e. The first-order chi connectivity index (χ1) is 10.2. The van der Waals surface area contributed by atoms with E-state index in [-0.39, 0.29) is 0 Å². The molecule has 2 aromatic carbocycles. The van der Waals surface area contributed by atoms with E-state index in [0.717, 1.165) is 17.2 Å². The quantitative estimate of drug-likeness (QED) is 0.826. The summed E-state index contributed by atoms with van der Waals surface area (Å²) in [4.78, 5) is 10.5. The molecule has 0 atom stereocenters. The van der Waals surface area contributed by atoms with Crippen molar-refractivity contribution < 1.29 is 19.4 Å². The first kappa shape index (κ1) is 14.7. The van der Waals surface area contributed by atoms with Gasteiger partial charge in [0.05, 0.1) is 7.11 Å². The Morgan fingerprint density at radius 3 is 2.57 bits per heavy atom. The molecule has 21 heavy (non-hydrogen) atoms. The van der Waals surface area contributed by atoms with Gasteiger partial charge in [-0.2, -0.15) is 0 Å². The van der Waals surface area contributed by atoms with Gasteiger partial charge in [0.25, 0.3) is 0 Å². The van der Waals surface area contributed by atoms with Crippen molar-refractivity contribution in [1.82, 2.24) is 0 Å². The van der Waals surface area contributed by atoms with Crippen LogP contribution in [0, 0.1) is 0 Å². The molecule has 0 aromatic heterocycles. The van der Waals surface area contributed by atoms with Crippen LogP contribution < -0.4 is 9.47 Å². The molecule has 0 unspecified atom stereocenters. The molecular weight excluding hydrogens is 268 g/mol. The predicted octanol–water partition coefficient (Wildman–Crippen LogP) is 3.37. The zero-order valence-corrected chi connectivity index (χ0v) is 11.7. The van der Waals surface area contributed by atoms with E-state index in [1.165, 1.54) is 6.08 Å². The maximum absolute atomic E-state index is 10.5. The highest BCUT2D eigenvalue weighted by atomic mass is 16.5. The summed E-state index contributed by atoms with van der Waals surface area (Å²) >= 11 is 0. The summed E-state index contributed by atoms with van der Waals surface area (Å²) in [6.45, 7) is 0.420. The van der Waals surface area contributed by atoms with Gasteiger partial charge < -0.3 is 14.6 Å². The van der Waals surface area contributed by atoms with Gasteiger partial charge >= 0.3 is 5.97 Å². The van der Waals surface area contributed by atoms with E-state index in [0.29, 0.717) is 18.1 Å². The van der Waals surface area contributed by atoms with E-state index >= 15 is 0 Å². The maximum Gasteiger partial charge on any atom is 0.328 e. The second-order valence-electron chi connectivity index (χ2n) is 4.36. The summed E-state index contributed by atoms with van der Waals surface area (Å²) in [5, 5.41) is 8.65. The normalized spacial score (nSPS) is 10.5. The monoisotopic (exact) mass is 284 g/mol. The summed E-state index contributed by atoms with van der Waals surface area (Å²) in [7, 11) is 1.57. The lowest BCUT2D eigenvalue weighted by molar-refractivity contribution is -0.131. The second-order valence-corrected chi connectivity index (χ2v) is 4.36. The van der Waals surface area contributed by atoms with Crippen LogP contribution in [0.1, 0.15) is 11.1 Å². The Morgan fingerprint density at radius 1 is 1.14 bits per heavy atom. The van der Waals surface area contributed by atoms with Crippen LogP contribution in [0.3, 0.4) is 0 Å². The Hall–Kier alpha value is -2.75. The molecule has 1 N–H and O–H groups in total. The highest BCUT2D eigenvalue weighted by Gasteiger charge is 2.05. The molecule has 0 fully saturated rings. The molecule has 0 amide bonds. The van der Waals surface area contributed by atoms with Crippen LogP contribution in [-0.4, -0.2) is 18.2 Å². The number of ether oxygens (including phenoxy) is 2. The first-order valence-electron chi connectivity index (χ1n) is 6.45. The van der Waals surface area contributed by atoms with Gasteiger partial charge in [-0.05, 0) is 29.3 Å². The maximum atomic E-state index is 10.5. The molecule has 0 spiro atoms. The SMILES string of the molecule is COc1ccc(C=CC(=O)O)cc1OCc1ccccc1. The van der Waals surface area contributed by atoms with Gasteiger partial charge in [0, 0.05) is 6.08 Å². The van der Waals surface area contributed by atoms with Crippen LogP contribution in [0.4, 0.5) is 0 Å². The topological polar surface area (TPSA) is 55.8 Å². The smallest absolute Gasteiger partial charge is 0.328 e. The van der Waals surface area contributed by atoms with E-state index in [4.69, 9.17) is 14.6 Å². The molecule has 4 nitrogen and oxygen atoms in total. The van der Waals surface area contributed by atoms with Crippen molar-refractivity contribution in [3.63, 3.8) is 0 Å². The van der Waals surface area contributed by atoms with E-state index in [1.54, 1.807) is 25.3 Å². The van der Waals surface area contributed by atoms with Crippen molar-refractivity contribution in [2.45, 2.75) is 6.61 Å². The Bertz CT molecular complexity index is 632. The standard InChI is InChI=1S/C17H16O4/c1-20-15-9-7-13(8-10-17(18)19)11-16(15)21-12-14-5-3-2-4-6-14/h2-11H,12H2,1H3,(H,18,19). The van der Waals surface area contributed by atoms with Gasteiger partial charge in [-0.15, -0.1) is 0 Å². The van der Waals surface area contributed by atoms with Crippen LogP contribution in [0.5, 0.6) is 11.5 Å². The van der Waals surface area contributed by atoms with E-state index < -0.39 is 5.97 Å². The highest BCUT2D eigenvalue weighted by molar-refractivity contribution is 5.85. The summed E-state index contributed by atoms with van der Waals surface area (Å²) in [6.07, 6.45) is 2.60. The molecule has 0 heterocycles. The Labute approximate surface area is 123 Å². The molecule has 0 aliphatic rings. The zero-order valence-electron chi connectivity index (χ0n) is 11.7. The highest BCUT2D eigenvalue weighted by Crippen LogP contribution is 2.29. The lowest BCUT2D eigenvalue weighted by atomic mass is 10.2. The van der Waals surface area contributed by atoms with E-state index in [2.05, 4.69) is 0 Å². The van der Waals surface area contributed by atoms with Crippen LogP contribution >= 0.6 is 0 Å². The first-order valence-corrected chi connectivity index (χ1v) is 6.45. The molecule has 4 heteroatoms. The number of carbonyl (C=O) groups is 1. The third-order valence-electron chi connectivity index (χ3n) is 2.84. The third kappa shape index (κ3) is 4.38. The summed E-state index contributed by atoms with van der Waals surface area (Å²) in [5.74, 6) is 0.199. The summed E-state index contributed by atoms with van der Waals surface area (Å²) in [6, 6.07) is 15.1. The zero-order chi connectivity index (χ0) is 15.1. The minimum atomic E-state index is -0.988. The van der Waals surface area contributed by atoms with Crippen LogP contribution in [0.25, 0.3) is 6.08 Å². The summed E-state index contributed by atoms with van der Waals surface area (Å²) in [5.41, 5.74) is 1.78. The molecule has 0 saturated heterocycles. The van der Waals surface area contributed by atoms with Crippen molar-refractivity contribution in [2.75, 3.05) is 7.11 Å². The number of aliphatic carboxylic acids is 1. The van der Waals surface area contributed by atoms with E-state index in [9.17, 15) is 4.79 Å². The van der Waals surface area contributed by atoms with Gasteiger partial charge in [-0.25, -0.2) is 4.79 Å². The van der Waals surface area contributed by atoms with Gasteiger partial charge in [-0.1, -0.05) is 36.4 Å². The minimum Gasteiger partial charge on any atom is -0.493 e. The van der Waals surface area contributed by atoms with Crippen LogP contribution in [0.15, 0.2) is 54.6 Å². The molecular formula is C17H16O4. The van der Waals surface area contributed by atoms with Crippen molar-refractivity contribution in [1.29, 1.82) is 0 Å². The van der Waals surface area contributed by atoms with Gasteiger partial charge in [-0.3, -0.25) is 0 Å². The lowest BCUT2D eigenvalue weighted by Crippen LogP contribution is -1.98. The average Bonchev–Trinajstić information content (AvgIpc) is 2.52. The van der Waals surface area contributed by atoms with Crippen LogP contribution in [-0.2, 0) is 11.4 Å². The van der Waals surface area contributed by atoms with Crippen molar-refractivity contribution in [3.05, 3.63) is 65.7 Å². The molecule has 2 aromatic rings. The summed E-state index contributed by atoms with van der Waals surface area (Å²) < 4.78 is 11.0. The molecule has 0 bridgehead atoms. The Kier molecular flexibility index (Phi) is 4.99. The number of rotatable bonds is 6. The number of carboxylic acid groups (broad SMARTS) is 1. The molecule has 0 aliphatic heterocycles. The number of carboxylic acids is 1. The molecule has 0 radical (unpaired) electrons. The van der Waals surface area contributed by atoms with Gasteiger partial charge in [0.2, 0.25) is 0 Å². The van der Waals surface area contributed by atoms with Crippen molar-refractivity contribution >= 4 is 12.0 Å². The number of benzene rings is 2. The molecule has 0 saturated carbocycles. The van der Waals surface area contributed by atoms with Crippen molar-refractivity contribution in [2.24, 2.45) is 0 Å². The Morgan fingerprint density at radius 2 is 1.90 bits per heavy atom. The lowest BCUT2D eigenvalue weighted by Gasteiger charge is -2.11. The van der Waals surface area contributed by atoms with Gasteiger partial charge in [0.15, 0.2) is 11.5 Å². The van der Waals surface area contributed by atoms with Gasteiger partial charge in [0.1, 0.15) is 6.61 Å². The third-order valence-corrected chi connectivity index (χ3v) is 2.84. The van der Waals surface area contributed by atoms with Crippen LogP contribution in [0.2, 0.25) is 0 Å². The number of methoxy groups -OCH3 is 1. The van der Waals surface area contributed by atoms with Crippen molar-refractivity contribution in [3.8, 4) is 11.5 Å². The number of hydrogen-bond donors (Lipinski definition) is 1. The number of hydrogen-bond acceptors (Lipinski definition) is 3.